The Morgan fingerprint density at radius 2 is 1.45 bits per heavy atom. The predicted octanol–water partition coefficient (Wildman–Crippen LogP) is 4.77. The predicted molar refractivity (Wildman–Crippen MR) is 92.7 cm³/mol. The molecular formula is C21H22N+. The highest BCUT2D eigenvalue weighted by Crippen LogP contribution is 2.28. The third-order valence-corrected chi connectivity index (χ3v) is 4.12. The summed E-state index contributed by atoms with van der Waals surface area (Å²) in [5.74, 6) is 0. The second-order valence-electron chi connectivity index (χ2n) is 6.10. The number of hydrogen-bond donors (Lipinski definition) is 0. The molecule has 0 aliphatic rings. The summed E-state index contributed by atoms with van der Waals surface area (Å²) in [6.07, 6.45) is 2.10. The van der Waals surface area contributed by atoms with Gasteiger partial charge in [-0.25, -0.2) is 4.57 Å². The van der Waals surface area contributed by atoms with E-state index in [1.54, 1.807) is 0 Å². The maximum atomic E-state index is 2.30. The largest absolute Gasteiger partial charge is 0.212 e. The van der Waals surface area contributed by atoms with E-state index in [1.165, 1.54) is 39.1 Å². The van der Waals surface area contributed by atoms with Gasteiger partial charge in [-0.05, 0) is 49.6 Å². The van der Waals surface area contributed by atoms with Crippen LogP contribution in [0.3, 0.4) is 0 Å². The first-order chi connectivity index (χ1) is 10.5. The smallest absolute Gasteiger partial charge is 0.201 e. The van der Waals surface area contributed by atoms with Crippen molar-refractivity contribution in [1.29, 1.82) is 0 Å². The van der Waals surface area contributed by atoms with Gasteiger partial charge in [-0.15, -0.1) is 0 Å². The van der Waals surface area contributed by atoms with Crippen LogP contribution >= 0.6 is 0 Å². The number of pyridine rings is 1. The van der Waals surface area contributed by atoms with Gasteiger partial charge < -0.3 is 0 Å². The molecule has 0 aliphatic heterocycles. The minimum absolute atomic E-state index is 1.24. The summed E-state index contributed by atoms with van der Waals surface area (Å²) in [7, 11) is 2.10. The number of nitrogens with zero attached hydrogens (tertiary/aromatic N) is 1. The Kier molecular flexibility index (Phi) is 3.81. The summed E-state index contributed by atoms with van der Waals surface area (Å²) in [6.45, 7) is 6.49. The molecule has 0 saturated heterocycles. The Bertz CT molecular complexity index is 811. The first-order valence-electron chi connectivity index (χ1n) is 7.69. The molecule has 1 nitrogen and oxygen atoms in total. The van der Waals surface area contributed by atoms with E-state index in [2.05, 4.69) is 93.2 Å². The quantitative estimate of drug-likeness (QED) is 0.598. The second kappa shape index (κ2) is 5.76. The van der Waals surface area contributed by atoms with Gasteiger partial charge in [-0.3, -0.25) is 0 Å². The van der Waals surface area contributed by atoms with E-state index in [-0.39, 0.29) is 0 Å². The van der Waals surface area contributed by atoms with Crippen molar-refractivity contribution in [1.82, 2.24) is 0 Å². The van der Waals surface area contributed by atoms with E-state index < -0.39 is 0 Å². The molecule has 0 bridgehead atoms. The van der Waals surface area contributed by atoms with Crippen LogP contribution in [0.25, 0.3) is 22.4 Å². The molecule has 0 radical (unpaired) electrons. The first-order valence-corrected chi connectivity index (χ1v) is 7.69. The third kappa shape index (κ3) is 2.80. The van der Waals surface area contributed by atoms with Crippen molar-refractivity contribution < 1.29 is 4.57 Å². The lowest BCUT2D eigenvalue weighted by Gasteiger charge is -2.09. The van der Waals surface area contributed by atoms with Gasteiger partial charge in [0.15, 0.2) is 6.20 Å². The molecule has 1 heteroatoms. The Balaban J connectivity index is 2.17. The van der Waals surface area contributed by atoms with Gasteiger partial charge in [0.2, 0.25) is 5.69 Å². The highest BCUT2D eigenvalue weighted by Gasteiger charge is 2.12. The lowest BCUT2D eigenvalue weighted by molar-refractivity contribution is -0.660. The maximum Gasteiger partial charge on any atom is 0.212 e. The number of benzene rings is 2. The number of hydrogen-bond acceptors (Lipinski definition) is 0. The molecule has 0 amide bonds. The fourth-order valence-corrected chi connectivity index (χ4v) is 3.02. The van der Waals surface area contributed by atoms with Crippen LogP contribution in [-0.4, -0.2) is 0 Å². The molecule has 1 heterocycles. The zero-order chi connectivity index (χ0) is 15.7. The lowest BCUT2D eigenvalue weighted by Crippen LogP contribution is -2.30. The van der Waals surface area contributed by atoms with Crippen LogP contribution in [0, 0.1) is 20.8 Å². The minimum atomic E-state index is 1.24. The SMILES string of the molecule is Cc1cc(C)cc(-c2ccc(C)c(-c3cccc[n+]3C)c2)c1. The maximum absolute atomic E-state index is 2.30. The van der Waals surface area contributed by atoms with Crippen molar-refractivity contribution in [2.45, 2.75) is 20.8 Å². The molecule has 0 saturated carbocycles. The normalized spacial score (nSPS) is 10.7. The van der Waals surface area contributed by atoms with Gasteiger partial charge in [0.05, 0.1) is 0 Å². The van der Waals surface area contributed by atoms with Crippen molar-refractivity contribution in [3.8, 4) is 22.4 Å². The zero-order valence-corrected chi connectivity index (χ0v) is 13.7. The van der Waals surface area contributed by atoms with Gasteiger partial charge in [0.1, 0.15) is 7.05 Å². The fourth-order valence-electron chi connectivity index (χ4n) is 3.02. The molecule has 0 fully saturated rings. The summed E-state index contributed by atoms with van der Waals surface area (Å²) in [5, 5.41) is 0. The lowest BCUT2D eigenvalue weighted by atomic mass is 9.95. The molecule has 22 heavy (non-hydrogen) atoms. The molecular weight excluding hydrogens is 266 g/mol. The monoisotopic (exact) mass is 288 g/mol. The average molecular weight is 288 g/mol. The second-order valence-corrected chi connectivity index (χ2v) is 6.10. The molecule has 0 aliphatic carbocycles. The van der Waals surface area contributed by atoms with Crippen molar-refractivity contribution in [2.75, 3.05) is 0 Å². The van der Waals surface area contributed by atoms with E-state index in [9.17, 15) is 0 Å². The topological polar surface area (TPSA) is 3.88 Å². The van der Waals surface area contributed by atoms with Crippen molar-refractivity contribution in [3.05, 3.63) is 77.5 Å². The molecule has 110 valence electrons. The number of aryl methyl sites for hydroxylation is 4. The summed E-state index contributed by atoms with van der Waals surface area (Å²) < 4.78 is 2.17. The van der Waals surface area contributed by atoms with Gasteiger partial charge in [-0.2, -0.15) is 0 Å². The molecule has 0 spiro atoms. The van der Waals surface area contributed by atoms with Crippen LogP contribution in [0.5, 0.6) is 0 Å². The Hall–Kier alpha value is -2.41. The van der Waals surface area contributed by atoms with E-state index in [4.69, 9.17) is 0 Å². The fraction of sp³-hybridized carbons (Fsp3) is 0.190. The summed E-state index contributed by atoms with van der Waals surface area (Å²) in [5.41, 5.74) is 9.01. The van der Waals surface area contributed by atoms with E-state index in [1.807, 2.05) is 0 Å². The van der Waals surface area contributed by atoms with Crippen molar-refractivity contribution in [3.63, 3.8) is 0 Å². The van der Waals surface area contributed by atoms with Crippen LogP contribution in [0.1, 0.15) is 16.7 Å². The van der Waals surface area contributed by atoms with Gasteiger partial charge in [0.25, 0.3) is 0 Å². The van der Waals surface area contributed by atoms with E-state index >= 15 is 0 Å². The third-order valence-electron chi connectivity index (χ3n) is 4.12. The average Bonchev–Trinajstić information content (AvgIpc) is 2.47. The Morgan fingerprint density at radius 1 is 0.727 bits per heavy atom. The van der Waals surface area contributed by atoms with Gasteiger partial charge in [-0.1, -0.05) is 41.5 Å². The zero-order valence-electron chi connectivity index (χ0n) is 13.7. The number of aromatic nitrogens is 1. The Morgan fingerprint density at radius 3 is 2.14 bits per heavy atom. The standard InChI is InChI=1S/C21H22N/c1-15-11-16(2)13-19(12-15)18-9-8-17(3)20(14-18)21-7-5-6-10-22(21)4/h5-14H,1-4H3/q+1. The molecule has 3 rings (SSSR count). The highest BCUT2D eigenvalue weighted by atomic mass is 14.9. The van der Waals surface area contributed by atoms with E-state index in [0.717, 1.165) is 0 Å². The van der Waals surface area contributed by atoms with Crippen LogP contribution in [-0.2, 0) is 7.05 Å². The molecule has 0 N–H and O–H groups in total. The van der Waals surface area contributed by atoms with Crippen LogP contribution in [0.2, 0.25) is 0 Å². The molecule has 1 aromatic heterocycles. The van der Waals surface area contributed by atoms with E-state index in [0.29, 0.717) is 0 Å². The molecule has 0 unspecified atom stereocenters. The first kappa shape index (κ1) is 14.5. The van der Waals surface area contributed by atoms with Crippen molar-refractivity contribution in [2.24, 2.45) is 7.05 Å². The van der Waals surface area contributed by atoms with Crippen molar-refractivity contribution >= 4 is 0 Å². The number of rotatable bonds is 2. The van der Waals surface area contributed by atoms with Crippen LogP contribution in [0.4, 0.5) is 0 Å². The summed E-state index contributed by atoms with van der Waals surface area (Å²) in [4.78, 5) is 0. The van der Waals surface area contributed by atoms with Gasteiger partial charge >= 0.3 is 0 Å². The highest BCUT2D eigenvalue weighted by molar-refractivity contribution is 5.73. The molecule has 3 aromatic rings. The summed E-state index contributed by atoms with van der Waals surface area (Å²) in [6, 6.07) is 19.8. The minimum Gasteiger partial charge on any atom is -0.201 e. The van der Waals surface area contributed by atoms with Crippen LogP contribution < -0.4 is 4.57 Å². The molecule has 2 aromatic carbocycles. The molecule has 0 atom stereocenters. The Labute approximate surface area is 132 Å². The van der Waals surface area contributed by atoms with Crippen LogP contribution in [0.15, 0.2) is 60.8 Å². The summed E-state index contributed by atoms with van der Waals surface area (Å²) >= 11 is 0. The van der Waals surface area contributed by atoms with Gasteiger partial charge in [0, 0.05) is 17.7 Å².